The molecule has 1 amide bonds. The van der Waals surface area contributed by atoms with Crippen LogP contribution in [0, 0.1) is 6.92 Å². The molecule has 0 saturated heterocycles. The van der Waals surface area contributed by atoms with Crippen LogP contribution in [0.15, 0.2) is 85.3 Å². The average molecular weight is 394 g/mol. The number of hydrogen-bond acceptors (Lipinski definition) is 4. The van der Waals surface area contributed by atoms with E-state index in [4.69, 9.17) is 0 Å². The molecule has 0 spiro atoms. The Balaban J connectivity index is 1.41. The van der Waals surface area contributed by atoms with E-state index in [9.17, 15) is 4.79 Å². The Hall–Kier alpha value is -4.26. The SMILES string of the molecule is Cc1ccc(-c2cn3ccccc3n2)cc1NC(=O)c1cnn(-c2ccccc2)n1. The topological polar surface area (TPSA) is 77.1 Å². The number of carbonyl (C=O) groups is 1. The van der Waals surface area contributed by atoms with Gasteiger partial charge in [0.15, 0.2) is 5.69 Å². The molecule has 0 radical (unpaired) electrons. The van der Waals surface area contributed by atoms with Gasteiger partial charge in [-0.2, -0.15) is 9.90 Å². The molecule has 5 rings (SSSR count). The molecular formula is C23H18N6O. The number of carbonyl (C=O) groups excluding carboxylic acids is 1. The summed E-state index contributed by atoms with van der Waals surface area (Å²) in [5.74, 6) is -0.313. The number of rotatable bonds is 4. The fourth-order valence-electron chi connectivity index (χ4n) is 3.23. The molecule has 0 unspecified atom stereocenters. The van der Waals surface area contributed by atoms with Crippen LogP contribution in [0.3, 0.4) is 0 Å². The maximum atomic E-state index is 12.8. The second kappa shape index (κ2) is 7.29. The third-order valence-corrected chi connectivity index (χ3v) is 4.86. The first kappa shape index (κ1) is 17.8. The van der Waals surface area contributed by atoms with Crippen LogP contribution in [0.25, 0.3) is 22.6 Å². The normalized spacial score (nSPS) is 11.0. The summed E-state index contributed by atoms with van der Waals surface area (Å²) in [5.41, 5.74) is 5.34. The van der Waals surface area contributed by atoms with Crippen molar-refractivity contribution in [2.45, 2.75) is 6.92 Å². The van der Waals surface area contributed by atoms with Crippen molar-refractivity contribution in [2.24, 2.45) is 0 Å². The molecule has 0 bridgehead atoms. The first-order chi connectivity index (χ1) is 14.7. The summed E-state index contributed by atoms with van der Waals surface area (Å²) in [6.45, 7) is 1.95. The number of aromatic nitrogens is 5. The van der Waals surface area contributed by atoms with Crippen LogP contribution in [0.1, 0.15) is 16.1 Å². The molecule has 2 aromatic carbocycles. The molecule has 0 atom stereocenters. The van der Waals surface area contributed by atoms with Crippen molar-refractivity contribution in [3.8, 4) is 16.9 Å². The van der Waals surface area contributed by atoms with Gasteiger partial charge >= 0.3 is 0 Å². The van der Waals surface area contributed by atoms with E-state index in [2.05, 4.69) is 20.5 Å². The third-order valence-electron chi connectivity index (χ3n) is 4.86. The average Bonchev–Trinajstić information content (AvgIpc) is 3.43. The molecule has 0 saturated carbocycles. The summed E-state index contributed by atoms with van der Waals surface area (Å²) in [5, 5.41) is 11.4. The Kier molecular flexibility index (Phi) is 4.33. The van der Waals surface area contributed by atoms with E-state index in [-0.39, 0.29) is 11.6 Å². The van der Waals surface area contributed by atoms with Crippen molar-refractivity contribution in [1.29, 1.82) is 0 Å². The highest BCUT2D eigenvalue weighted by molar-refractivity contribution is 6.03. The molecule has 3 aromatic heterocycles. The van der Waals surface area contributed by atoms with Gasteiger partial charge < -0.3 is 9.72 Å². The summed E-state index contributed by atoms with van der Waals surface area (Å²) in [6.07, 6.45) is 5.39. The number of amides is 1. The van der Waals surface area contributed by atoms with E-state index >= 15 is 0 Å². The van der Waals surface area contributed by atoms with Gasteiger partial charge in [-0.1, -0.05) is 36.4 Å². The molecule has 0 fully saturated rings. The number of anilines is 1. The zero-order valence-corrected chi connectivity index (χ0v) is 16.2. The summed E-state index contributed by atoms with van der Waals surface area (Å²) in [4.78, 5) is 18.8. The molecule has 0 aliphatic rings. The maximum Gasteiger partial charge on any atom is 0.277 e. The zero-order chi connectivity index (χ0) is 20.5. The Morgan fingerprint density at radius 2 is 1.83 bits per heavy atom. The van der Waals surface area contributed by atoms with Crippen molar-refractivity contribution in [3.05, 3.63) is 96.6 Å². The minimum Gasteiger partial charge on any atom is -0.320 e. The van der Waals surface area contributed by atoms with E-state index in [1.54, 1.807) is 0 Å². The first-order valence-corrected chi connectivity index (χ1v) is 9.51. The highest BCUT2D eigenvalue weighted by Gasteiger charge is 2.14. The monoisotopic (exact) mass is 394 g/mol. The lowest BCUT2D eigenvalue weighted by molar-refractivity contribution is 0.102. The van der Waals surface area contributed by atoms with Crippen molar-refractivity contribution in [1.82, 2.24) is 24.4 Å². The van der Waals surface area contributed by atoms with Gasteiger partial charge in [-0.15, -0.1) is 5.10 Å². The summed E-state index contributed by atoms with van der Waals surface area (Å²) in [7, 11) is 0. The largest absolute Gasteiger partial charge is 0.320 e. The van der Waals surface area contributed by atoms with E-state index < -0.39 is 0 Å². The molecule has 146 valence electrons. The number of fused-ring (bicyclic) bond motifs is 1. The smallest absolute Gasteiger partial charge is 0.277 e. The summed E-state index contributed by atoms with van der Waals surface area (Å²) >= 11 is 0. The lowest BCUT2D eigenvalue weighted by Gasteiger charge is -2.09. The molecule has 5 aromatic rings. The minimum absolute atomic E-state index is 0.247. The molecule has 7 heteroatoms. The number of benzene rings is 2. The molecule has 0 aliphatic carbocycles. The second-order valence-corrected chi connectivity index (χ2v) is 6.93. The van der Waals surface area contributed by atoms with Gasteiger partial charge in [0.25, 0.3) is 5.91 Å². The highest BCUT2D eigenvalue weighted by atomic mass is 16.2. The Bertz CT molecular complexity index is 1320. The lowest BCUT2D eigenvalue weighted by atomic mass is 10.1. The lowest BCUT2D eigenvalue weighted by Crippen LogP contribution is -2.14. The Labute approximate surface area is 172 Å². The van der Waals surface area contributed by atoms with Crippen LogP contribution in [0.2, 0.25) is 0 Å². The van der Waals surface area contributed by atoms with Gasteiger partial charge in [-0.05, 0) is 42.8 Å². The van der Waals surface area contributed by atoms with E-state index in [0.717, 1.165) is 28.2 Å². The van der Waals surface area contributed by atoms with Crippen LogP contribution in [-0.4, -0.2) is 30.3 Å². The van der Waals surface area contributed by atoms with Gasteiger partial charge in [-0.25, -0.2) is 4.98 Å². The summed E-state index contributed by atoms with van der Waals surface area (Å²) in [6, 6.07) is 21.2. The van der Waals surface area contributed by atoms with Crippen LogP contribution in [0.4, 0.5) is 5.69 Å². The standard InChI is InChI=1S/C23H18N6O/c1-16-10-11-17(21-15-28-12-6-5-9-22(28)25-21)13-19(16)26-23(30)20-14-24-29(27-20)18-7-3-2-4-8-18/h2-15H,1H3,(H,26,30). The second-order valence-electron chi connectivity index (χ2n) is 6.93. The minimum atomic E-state index is -0.313. The number of hydrogen-bond donors (Lipinski definition) is 1. The molecule has 1 N–H and O–H groups in total. The van der Waals surface area contributed by atoms with E-state index in [1.165, 1.54) is 11.0 Å². The van der Waals surface area contributed by atoms with Crippen molar-refractivity contribution in [2.75, 3.05) is 5.32 Å². The van der Waals surface area contributed by atoms with Crippen LogP contribution in [0.5, 0.6) is 0 Å². The maximum absolute atomic E-state index is 12.8. The predicted molar refractivity (Wildman–Crippen MR) is 115 cm³/mol. The van der Waals surface area contributed by atoms with Crippen molar-refractivity contribution >= 4 is 17.2 Å². The van der Waals surface area contributed by atoms with Gasteiger partial charge in [0.2, 0.25) is 0 Å². The quantitative estimate of drug-likeness (QED) is 0.497. The highest BCUT2D eigenvalue weighted by Crippen LogP contribution is 2.25. The molecule has 0 aliphatic heterocycles. The number of nitrogens with one attached hydrogen (secondary N) is 1. The first-order valence-electron chi connectivity index (χ1n) is 9.51. The molecule has 30 heavy (non-hydrogen) atoms. The van der Waals surface area contributed by atoms with Gasteiger partial charge in [-0.3, -0.25) is 4.79 Å². The van der Waals surface area contributed by atoms with Crippen LogP contribution >= 0.6 is 0 Å². The molecule has 7 nitrogen and oxygen atoms in total. The van der Waals surface area contributed by atoms with Gasteiger partial charge in [0.1, 0.15) is 5.65 Å². The number of pyridine rings is 1. The van der Waals surface area contributed by atoms with Gasteiger partial charge in [0.05, 0.1) is 17.6 Å². The zero-order valence-electron chi connectivity index (χ0n) is 16.2. The summed E-state index contributed by atoms with van der Waals surface area (Å²) < 4.78 is 1.97. The number of imidazole rings is 1. The fraction of sp³-hybridized carbons (Fsp3) is 0.0435. The number of para-hydroxylation sites is 1. The number of aryl methyl sites for hydroxylation is 1. The van der Waals surface area contributed by atoms with E-state index in [0.29, 0.717) is 5.69 Å². The van der Waals surface area contributed by atoms with Crippen LogP contribution in [-0.2, 0) is 0 Å². The number of nitrogens with zero attached hydrogens (tertiary/aromatic N) is 5. The Morgan fingerprint density at radius 3 is 2.67 bits per heavy atom. The van der Waals surface area contributed by atoms with Gasteiger partial charge in [0, 0.05) is 23.6 Å². The van der Waals surface area contributed by atoms with Crippen molar-refractivity contribution in [3.63, 3.8) is 0 Å². The van der Waals surface area contributed by atoms with E-state index in [1.807, 2.05) is 90.4 Å². The molecule has 3 heterocycles. The van der Waals surface area contributed by atoms with Crippen LogP contribution < -0.4 is 5.32 Å². The fourth-order valence-corrected chi connectivity index (χ4v) is 3.23. The predicted octanol–water partition coefficient (Wildman–Crippen LogP) is 4.14. The third kappa shape index (κ3) is 3.33. The Morgan fingerprint density at radius 1 is 1.00 bits per heavy atom. The molecular weight excluding hydrogens is 376 g/mol. The van der Waals surface area contributed by atoms with Crippen molar-refractivity contribution < 1.29 is 4.79 Å².